The van der Waals surface area contributed by atoms with Gasteiger partial charge in [-0.2, -0.15) is 5.26 Å². The predicted octanol–water partition coefficient (Wildman–Crippen LogP) is 3.50. The number of nitriles is 1. The van der Waals surface area contributed by atoms with E-state index in [0.29, 0.717) is 18.1 Å². The lowest BCUT2D eigenvalue weighted by atomic mass is 10.1. The van der Waals surface area contributed by atoms with E-state index in [4.69, 9.17) is 10.00 Å². The highest BCUT2D eigenvalue weighted by Crippen LogP contribution is 2.05. The molecule has 0 aliphatic carbocycles. The summed E-state index contributed by atoms with van der Waals surface area (Å²) in [6.45, 7) is 5.32. The van der Waals surface area contributed by atoms with Gasteiger partial charge in [0.1, 0.15) is 0 Å². The summed E-state index contributed by atoms with van der Waals surface area (Å²) in [4.78, 5) is 0. The maximum absolute atomic E-state index is 8.76. The highest BCUT2D eigenvalue weighted by atomic mass is 16.5. The number of nitrogens with zero attached hydrogens (tertiary/aromatic N) is 1. The van der Waals surface area contributed by atoms with Crippen molar-refractivity contribution in [3.63, 3.8) is 0 Å². The van der Waals surface area contributed by atoms with Crippen LogP contribution in [-0.2, 0) is 17.9 Å². The van der Waals surface area contributed by atoms with E-state index in [1.807, 2.05) is 42.5 Å². The van der Waals surface area contributed by atoms with Crippen molar-refractivity contribution in [1.29, 1.82) is 5.26 Å². The van der Waals surface area contributed by atoms with E-state index >= 15 is 0 Å². The third kappa shape index (κ3) is 5.69. The average Bonchev–Trinajstić information content (AvgIpc) is 2.56. The number of benzene rings is 2. The summed E-state index contributed by atoms with van der Waals surface area (Å²) in [5.74, 6) is 0.460. The molecule has 1 N–H and O–H groups in total. The second kappa shape index (κ2) is 8.99. The zero-order valence-corrected chi connectivity index (χ0v) is 13.0. The highest BCUT2D eigenvalue weighted by molar-refractivity contribution is 5.31. The van der Waals surface area contributed by atoms with E-state index in [0.717, 1.165) is 19.7 Å². The van der Waals surface area contributed by atoms with Crippen molar-refractivity contribution in [3.05, 3.63) is 71.3 Å². The van der Waals surface area contributed by atoms with Crippen molar-refractivity contribution in [2.75, 3.05) is 13.2 Å². The minimum Gasteiger partial charge on any atom is -0.376 e. The van der Waals surface area contributed by atoms with Gasteiger partial charge >= 0.3 is 0 Å². The Labute approximate surface area is 132 Å². The van der Waals surface area contributed by atoms with E-state index < -0.39 is 0 Å². The lowest BCUT2D eigenvalue weighted by Gasteiger charge is -2.13. The molecule has 22 heavy (non-hydrogen) atoms. The fraction of sp³-hybridized carbons (Fsp3) is 0.316. The summed E-state index contributed by atoms with van der Waals surface area (Å²) in [6.07, 6.45) is 0. The molecule has 2 aromatic carbocycles. The Morgan fingerprint density at radius 2 is 1.77 bits per heavy atom. The van der Waals surface area contributed by atoms with Crippen LogP contribution < -0.4 is 5.32 Å². The minimum absolute atomic E-state index is 0.460. The molecule has 0 aliphatic rings. The smallest absolute Gasteiger partial charge is 0.0991 e. The van der Waals surface area contributed by atoms with Crippen molar-refractivity contribution in [3.8, 4) is 6.07 Å². The normalized spacial score (nSPS) is 11.8. The van der Waals surface area contributed by atoms with Crippen LogP contribution in [0.1, 0.15) is 23.6 Å². The average molecular weight is 294 g/mol. The first-order valence-corrected chi connectivity index (χ1v) is 7.59. The van der Waals surface area contributed by atoms with Crippen LogP contribution in [0, 0.1) is 17.2 Å². The molecule has 1 unspecified atom stereocenters. The number of rotatable bonds is 8. The predicted molar refractivity (Wildman–Crippen MR) is 88.1 cm³/mol. The minimum atomic E-state index is 0.460. The molecular formula is C19H22N2O. The molecule has 3 nitrogen and oxygen atoms in total. The summed E-state index contributed by atoms with van der Waals surface area (Å²) in [5, 5.41) is 12.2. The zero-order chi connectivity index (χ0) is 15.6. The van der Waals surface area contributed by atoms with Crippen LogP contribution in [0.5, 0.6) is 0 Å². The van der Waals surface area contributed by atoms with E-state index in [1.54, 1.807) is 0 Å². The van der Waals surface area contributed by atoms with E-state index in [9.17, 15) is 0 Å². The van der Waals surface area contributed by atoms with Crippen LogP contribution in [-0.4, -0.2) is 13.2 Å². The largest absolute Gasteiger partial charge is 0.376 e. The van der Waals surface area contributed by atoms with Gasteiger partial charge in [-0.15, -0.1) is 0 Å². The topological polar surface area (TPSA) is 45.0 Å². The van der Waals surface area contributed by atoms with Gasteiger partial charge < -0.3 is 10.1 Å². The second-order valence-corrected chi connectivity index (χ2v) is 5.55. The van der Waals surface area contributed by atoms with Gasteiger partial charge in [-0.25, -0.2) is 0 Å². The number of hydrogen-bond acceptors (Lipinski definition) is 3. The Hall–Kier alpha value is -2.15. The van der Waals surface area contributed by atoms with Crippen LogP contribution in [0.3, 0.4) is 0 Å². The van der Waals surface area contributed by atoms with Crippen molar-refractivity contribution >= 4 is 0 Å². The summed E-state index contributed by atoms with van der Waals surface area (Å²) in [5.41, 5.74) is 3.10. The van der Waals surface area contributed by atoms with Crippen molar-refractivity contribution in [2.24, 2.45) is 5.92 Å². The van der Waals surface area contributed by atoms with Crippen LogP contribution in [0.25, 0.3) is 0 Å². The summed E-state index contributed by atoms with van der Waals surface area (Å²) >= 11 is 0. The van der Waals surface area contributed by atoms with Crippen molar-refractivity contribution in [1.82, 2.24) is 5.32 Å². The van der Waals surface area contributed by atoms with Gasteiger partial charge in [-0.05, 0) is 29.2 Å². The number of ether oxygens (including phenoxy) is 1. The maximum atomic E-state index is 8.76. The Balaban J connectivity index is 1.61. The quantitative estimate of drug-likeness (QED) is 0.810. The molecule has 0 amide bonds. The molecule has 2 aromatic rings. The van der Waals surface area contributed by atoms with Gasteiger partial charge in [0.25, 0.3) is 0 Å². The molecule has 114 valence electrons. The van der Waals surface area contributed by atoms with Gasteiger partial charge in [0.05, 0.1) is 24.8 Å². The molecule has 1 atom stereocenters. The first kappa shape index (κ1) is 16.2. The Bertz CT molecular complexity index is 587. The summed E-state index contributed by atoms with van der Waals surface area (Å²) in [7, 11) is 0. The van der Waals surface area contributed by atoms with Gasteiger partial charge in [0.2, 0.25) is 0 Å². The summed E-state index contributed by atoms with van der Waals surface area (Å²) < 4.78 is 5.74. The lowest BCUT2D eigenvalue weighted by Crippen LogP contribution is -2.23. The maximum Gasteiger partial charge on any atom is 0.0991 e. The molecule has 0 heterocycles. The number of hydrogen-bond donors (Lipinski definition) is 1. The van der Waals surface area contributed by atoms with Crippen LogP contribution in [0.15, 0.2) is 54.6 Å². The highest BCUT2D eigenvalue weighted by Gasteiger charge is 2.02. The van der Waals surface area contributed by atoms with Crippen molar-refractivity contribution < 1.29 is 4.74 Å². The molecule has 0 saturated carbocycles. The van der Waals surface area contributed by atoms with Gasteiger partial charge in [-0.3, -0.25) is 0 Å². The molecule has 0 fully saturated rings. The van der Waals surface area contributed by atoms with Crippen LogP contribution >= 0.6 is 0 Å². The van der Waals surface area contributed by atoms with E-state index in [-0.39, 0.29) is 0 Å². The first-order valence-electron chi connectivity index (χ1n) is 7.59. The Morgan fingerprint density at radius 3 is 2.45 bits per heavy atom. The standard InChI is InChI=1S/C19H22N2O/c1-16(14-22-15-19-5-3-2-4-6-19)12-21-13-18-9-7-17(11-20)8-10-18/h2-10,16,21H,12-15H2,1H3. The molecule has 2 rings (SSSR count). The van der Waals surface area contributed by atoms with Gasteiger partial charge in [0.15, 0.2) is 0 Å². The van der Waals surface area contributed by atoms with Crippen LogP contribution in [0.2, 0.25) is 0 Å². The SMILES string of the molecule is CC(CNCc1ccc(C#N)cc1)COCc1ccccc1. The molecular weight excluding hydrogens is 272 g/mol. The third-order valence-corrected chi connectivity index (χ3v) is 3.42. The van der Waals surface area contributed by atoms with E-state index in [1.165, 1.54) is 11.1 Å². The molecule has 0 radical (unpaired) electrons. The van der Waals surface area contributed by atoms with Gasteiger partial charge in [0, 0.05) is 13.1 Å². The fourth-order valence-electron chi connectivity index (χ4n) is 2.17. The summed E-state index contributed by atoms with van der Waals surface area (Å²) in [6, 6.07) is 20.0. The van der Waals surface area contributed by atoms with Gasteiger partial charge in [-0.1, -0.05) is 49.4 Å². The third-order valence-electron chi connectivity index (χ3n) is 3.42. The second-order valence-electron chi connectivity index (χ2n) is 5.55. The molecule has 0 bridgehead atoms. The Kier molecular flexibility index (Phi) is 6.63. The van der Waals surface area contributed by atoms with E-state index in [2.05, 4.69) is 30.4 Å². The lowest BCUT2D eigenvalue weighted by molar-refractivity contribution is 0.0917. The fourth-order valence-corrected chi connectivity index (χ4v) is 2.17. The molecule has 3 heteroatoms. The first-order chi connectivity index (χ1) is 10.8. The molecule has 0 aliphatic heterocycles. The van der Waals surface area contributed by atoms with Crippen LogP contribution in [0.4, 0.5) is 0 Å². The monoisotopic (exact) mass is 294 g/mol. The molecule has 0 saturated heterocycles. The molecule has 0 aromatic heterocycles. The zero-order valence-electron chi connectivity index (χ0n) is 13.0. The molecule has 0 spiro atoms. The Morgan fingerprint density at radius 1 is 1.05 bits per heavy atom. The number of nitrogens with one attached hydrogen (secondary N) is 1. The van der Waals surface area contributed by atoms with Crippen molar-refractivity contribution in [2.45, 2.75) is 20.1 Å².